The first kappa shape index (κ1) is 14.0. The number of halogens is 1. The molecular formula is C17H17BrO. The average Bonchev–Trinajstić information content (AvgIpc) is 2.36. The first-order valence-corrected chi connectivity index (χ1v) is 7.12. The van der Waals surface area contributed by atoms with Gasteiger partial charge in [-0.1, -0.05) is 34.1 Å². The maximum absolute atomic E-state index is 12.4. The highest BCUT2D eigenvalue weighted by molar-refractivity contribution is 9.10. The first-order valence-electron chi connectivity index (χ1n) is 6.33. The van der Waals surface area contributed by atoms with Crippen molar-refractivity contribution in [1.29, 1.82) is 0 Å². The van der Waals surface area contributed by atoms with Gasteiger partial charge in [0, 0.05) is 16.5 Å². The highest BCUT2D eigenvalue weighted by Crippen LogP contribution is 2.18. The van der Waals surface area contributed by atoms with Gasteiger partial charge in [-0.25, -0.2) is 0 Å². The lowest BCUT2D eigenvalue weighted by molar-refractivity contribution is 0.0992. The second-order valence-corrected chi connectivity index (χ2v) is 5.89. The van der Waals surface area contributed by atoms with Gasteiger partial charge in [-0.05, 0) is 61.2 Å². The van der Waals surface area contributed by atoms with E-state index in [9.17, 15) is 4.79 Å². The van der Waals surface area contributed by atoms with Gasteiger partial charge in [0.05, 0.1) is 0 Å². The Balaban J connectivity index is 2.25. The Labute approximate surface area is 122 Å². The second-order valence-electron chi connectivity index (χ2n) is 4.98. The van der Waals surface area contributed by atoms with Crippen LogP contribution in [-0.2, 0) is 6.42 Å². The molecule has 0 aliphatic rings. The molecule has 2 heteroatoms. The Kier molecular flexibility index (Phi) is 4.20. The minimum absolute atomic E-state index is 0.183. The topological polar surface area (TPSA) is 17.1 Å². The molecule has 19 heavy (non-hydrogen) atoms. The van der Waals surface area contributed by atoms with Crippen LogP contribution in [0.3, 0.4) is 0 Å². The van der Waals surface area contributed by atoms with Crippen LogP contribution in [0.1, 0.15) is 32.6 Å². The average molecular weight is 317 g/mol. The maximum Gasteiger partial charge on any atom is 0.167 e. The summed E-state index contributed by atoms with van der Waals surface area (Å²) in [5.74, 6) is 0.183. The van der Waals surface area contributed by atoms with E-state index in [1.165, 1.54) is 11.1 Å². The predicted molar refractivity (Wildman–Crippen MR) is 82.8 cm³/mol. The summed E-state index contributed by atoms with van der Waals surface area (Å²) in [6, 6.07) is 12.0. The number of benzene rings is 2. The zero-order valence-electron chi connectivity index (χ0n) is 11.5. The molecule has 1 nitrogen and oxygen atoms in total. The summed E-state index contributed by atoms with van der Waals surface area (Å²) in [6.07, 6.45) is 0.455. The van der Waals surface area contributed by atoms with Gasteiger partial charge in [-0.3, -0.25) is 4.79 Å². The van der Waals surface area contributed by atoms with Crippen LogP contribution in [0.4, 0.5) is 0 Å². The smallest absolute Gasteiger partial charge is 0.167 e. The Hall–Kier alpha value is -1.41. The van der Waals surface area contributed by atoms with Crippen molar-refractivity contribution in [2.75, 3.05) is 0 Å². The van der Waals surface area contributed by atoms with Gasteiger partial charge in [0.1, 0.15) is 0 Å². The molecule has 2 aromatic rings. The molecule has 2 aromatic carbocycles. The highest BCUT2D eigenvalue weighted by Gasteiger charge is 2.11. The lowest BCUT2D eigenvalue weighted by Crippen LogP contribution is -2.06. The summed E-state index contributed by atoms with van der Waals surface area (Å²) in [4.78, 5) is 12.4. The molecule has 0 unspecified atom stereocenters. The van der Waals surface area contributed by atoms with Crippen molar-refractivity contribution in [3.8, 4) is 0 Å². The van der Waals surface area contributed by atoms with Crippen molar-refractivity contribution < 1.29 is 4.79 Å². The first-order chi connectivity index (χ1) is 8.97. The fraction of sp³-hybridized carbons (Fsp3) is 0.235. The zero-order valence-corrected chi connectivity index (χ0v) is 13.0. The minimum Gasteiger partial charge on any atom is -0.294 e. The minimum atomic E-state index is 0.183. The van der Waals surface area contributed by atoms with E-state index in [4.69, 9.17) is 0 Å². The summed E-state index contributed by atoms with van der Waals surface area (Å²) >= 11 is 3.40. The van der Waals surface area contributed by atoms with E-state index in [0.29, 0.717) is 6.42 Å². The van der Waals surface area contributed by atoms with Gasteiger partial charge >= 0.3 is 0 Å². The van der Waals surface area contributed by atoms with Crippen LogP contribution in [0, 0.1) is 20.8 Å². The maximum atomic E-state index is 12.4. The fourth-order valence-electron chi connectivity index (χ4n) is 2.14. The molecular weight excluding hydrogens is 300 g/mol. The van der Waals surface area contributed by atoms with Crippen molar-refractivity contribution >= 4 is 21.7 Å². The standard InChI is InChI=1S/C17H17BrO/c1-11-8-13(3)16(9-12(11)2)17(19)10-14-4-6-15(18)7-5-14/h4-9H,10H2,1-3H3. The monoisotopic (exact) mass is 316 g/mol. The van der Waals surface area contributed by atoms with E-state index < -0.39 is 0 Å². The largest absolute Gasteiger partial charge is 0.294 e. The number of hydrogen-bond donors (Lipinski definition) is 0. The third-order valence-electron chi connectivity index (χ3n) is 3.42. The zero-order chi connectivity index (χ0) is 14.0. The van der Waals surface area contributed by atoms with Gasteiger partial charge in [-0.15, -0.1) is 0 Å². The lowest BCUT2D eigenvalue weighted by atomic mass is 9.95. The second kappa shape index (κ2) is 5.70. The van der Waals surface area contributed by atoms with Gasteiger partial charge < -0.3 is 0 Å². The van der Waals surface area contributed by atoms with E-state index >= 15 is 0 Å². The number of ketones is 1. The lowest BCUT2D eigenvalue weighted by Gasteiger charge is -2.09. The number of carbonyl (C=O) groups excluding carboxylic acids is 1. The molecule has 0 saturated carbocycles. The third-order valence-corrected chi connectivity index (χ3v) is 3.95. The summed E-state index contributed by atoms with van der Waals surface area (Å²) in [7, 11) is 0. The van der Waals surface area contributed by atoms with Crippen LogP contribution in [-0.4, -0.2) is 5.78 Å². The molecule has 0 aliphatic heterocycles. The van der Waals surface area contributed by atoms with Gasteiger partial charge in [0.2, 0.25) is 0 Å². The molecule has 0 heterocycles. The van der Waals surface area contributed by atoms with Crippen LogP contribution in [0.5, 0.6) is 0 Å². The predicted octanol–water partition coefficient (Wildman–Crippen LogP) is 4.80. The van der Waals surface area contributed by atoms with Crippen molar-refractivity contribution in [1.82, 2.24) is 0 Å². The molecule has 0 N–H and O–H groups in total. The van der Waals surface area contributed by atoms with E-state index in [1.54, 1.807) is 0 Å². The molecule has 98 valence electrons. The van der Waals surface area contributed by atoms with Crippen LogP contribution in [0.15, 0.2) is 40.9 Å². The molecule has 2 rings (SSSR count). The van der Waals surface area contributed by atoms with E-state index in [1.807, 2.05) is 44.2 Å². The van der Waals surface area contributed by atoms with Crippen LogP contribution in [0.25, 0.3) is 0 Å². The van der Waals surface area contributed by atoms with Crippen LogP contribution in [0.2, 0.25) is 0 Å². The number of aryl methyl sites for hydroxylation is 3. The third kappa shape index (κ3) is 3.32. The van der Waals surface area contributed by atoms with Gasteiger partial charge in [0.25, 0.3) is 0 Å². The molecule has 0 aromatic heterocycles. The number of carbonyl (C=O) groups is 1. The van der Waals surface area contributed by atoms with Crippen molar-refractivity contribution in [2.45, 2.75) is 27.2 Å². The molecule has 0 amide bonds. The molecule has 0 bridgehead atoms. The van der Waals surface area contributed by atoms with Crippen molar-refractivity contribution in [2.24, 2.45) is 0 Å². The number of Topliss-reactive ketones (excluding diaryl/α,β-unsaturated/α-hetero) is 1. The van der Waals surface area contributed by atoms with Crippen molar-refractivity contribution in [3.05, 3.63) is 68.7 Å². The van der Waals surface area contributed by atoms with E-state index in [0.717, 1.165) is 21.2 Å². The molecule has 0 radical (unpaired) electrons. The van der Waals surface area contributed by atoms with E-state index in [-0.39, 0.29) is 5.78 Å². The molecule has 0 fully saturated rings. The SMILES string of the molecule is Cc1cc(C)c(C(=O)Cc2ccc(Br)cc2)cc1C. The normalized spacial score (nSPS) is 10.5. The Morgan fingerprint density at radius 3 is 2.16 bits per heavy atom. The number of rotatable bonds is 3. The molecule has 0 atom stereocenters. The summed E-state index contributed by atoms with van der Waals surface area (Å²) in [5, 5.41) is 0. The van der Waals surface area contributed by atoms with Gasteiger partial charge in [-0.2, -0.15) is 0 Å². The molecule has 0 aliphatic carbocycles. The Morgan fingerprint density at radius 1 is 0.947 bits per heavy atom. The van der Waals surface area contributed by atoms with E-state index in [2.05, 4.69) is 28.9 Å². The summed E-state index contributed by atoms with van der Waals surface area (Å²) < 4.78 is 1.03. The van der Waals surface area contributed by atoms with Crippen LogP contribution >= 0.6 is 15.9 Å². The van der Waals surface area contributed by atoms with Crippen LogP contribution < -0.4 is 0 Å². The highest BCUT2D eigenvalue weighted by atomic mass is 79.9. The number of hydrogen-bond acceptors (Lipinski definition) is 1. The Morgan fingerprint density at radius 2 is 1.53 bits per heavy atom. The quantitative estimate of drug-likeness (QED) is 0.743. The summed E-state index contributed by atoms with van der Waals surface area (Å²) in [6.45, 7) is 6.12. The fourth-order valence-corrected chi connectivity index (χ4v) is 2.41. The molecule has 0 saturated heterocycles. The van der Waals surface area contributed by atoms with Crippen molar-refractivity contribution in [3.63, 3.8) is 0 Å². The molecule has 0 spiro atoms. The Bertz CT molecular complexity index is 612. The summed E-state index contributed by atoms with van der Waals surface area (Å²) in [5.41, 5.74) is 5.35. The van der Waals surface area contributed by atoms with Gasteiger partial charge in [0.15, 0.2) is 5.78 Å².